The van der Waals surface area contributed by atoms with E-state index in [4.69, 9.17) is 5.73 Å². The molecule has 3 N–H and O–H groups in total. The lowest BCUT2D eigenvalue weighted by molar-refractivity contribution is -0.137. The van der Waals surface area contributed by atoms with Gasteiger partial charge in [0.2, 0.25) is 5.91 Å². The molecule has 1 saturated carbocycles. The lowest BCUT2D eigenvalue weighted by Crippen LogP contribution is -2.37. The minimum atomic E-state index is -4.36. The minimum absolute atomic E-state index is 0.0445. The van der Waals surface area contributed by atoms with Crippen LogP contribution in [0.2, 0.25) is 0 Å². The van der Waals surface area contributed by atoms with Crippen LogP contribution >= 0.6 is 0 Å². The van der Waals surface area contributed by atoms with E-state index in [1.54, 1.807) is 6.07 Å². The molecule has 1 aromatic rings. The van der Waals surface area contributed by atoms with E-state index < -0.39 is 11.7 Å². The summed E-state index contributed by atoms with van der Waals surface area (Å²) in [5, 5.41) is 2.71. The quantitative estimate of drug-likeness (QED) is 0.902. The Kier molecular flexibility index (Phi) is 4.88. The molecule has 0 spiro atoms. The molecule has 1 amide bonds. The van der Waals surface area contributed by atoms with Gasteiger partial charge in [-0.3, -0.25) is 4.79 Å². The van der Waals surface area contributed by atoms with Crippen LogP contribution in [0.15, 0.2) is 24.3 Å². The van der Waals surface area contributed by atoms with Gasteiger partial charge in [-0.15, -0.1) is 0 Å². The number of amides is 1. The Bertz CT molecular complexity index is 502. The Morgan fingerprint density at radius 3 is 2.76 bits per heavy atom. The molecular weight excluding hydrogens is 281 g/mol. The molecule has 0 aliphatic heterocycles. The Balaban J connectivity index is 1.92. The number of nitrogens with one attached hydrogen (secondary N) is 1. The van der Waals surface area contributed by atoms with E-state index in [2.05, 4.69) is 5.32 Å². The average Bonchev–Trinajstić information content (AvgIpc) is 2.44. The summed E-state index contributed by atoms with van der Waals surface area (Å²) < 4.78 is 37.8. The highest BCUT2D eigenvalue weighted by Crippen LogP contribution is 2.29. The van der Waals surface area contributed by atoms with Crippen molar-refractivity contribution in [2.75, 3.05) is 0 Å². The van der Waals surface area contributed by atoms with Crippen LogP contribution in [0, 0.1) is 5.92 Å². The first-order chi connectivity index (χ1) is 9.86. The molecule has 1 fully saturated rings. The molecule has 0 radical (unpaired) electrons. The van der Waals surface area contributed by atoms with Gasteiger partial charge in [0.05, 0.1) is 5.56 Å². The lowest BCUT2D eigenvalue weighted by atomic mass is 9.85. The Labute approximate surface area is 121 Å². The van der Waals surface area contributed by atoms with Crippen LogP contribution in [0.5, 0.6) is 0 Å². The third-order valence-corrected chi connectivity index (χ3v) is 3.81. The monoisotopic (exact) mass is 300 g/mol. The standard InChI is InChI=1S/C15H19F3N2O/c16-15(17,18)12-5-1-3-10(7-12)9-20-14(21)11-4-2-6-13(19)8-11/h1,3,5,7,11,13H,2,4,6,8-9,19H2,(H,20,21). The Morgan fingerprint density at radius 2 is 2.10 bits per heavy atom. The molecule has 0 saturated heterocycles. The highest BCUT2D eigenvalue weighted by atomic mass is 19.4. The highest BCUT2D eigenvalue weighted by Gasteiger charge is 2.30. The van der Waals surface area contributed by atoms with Crippen molar-refractivity contribution in [1.29, 1.82) is 0 Å². The van der Waals surface area contributed by atoms with Crippen LogP contribution in [0.3, 0.4) is 0 Å². The third kappa shape index (κ3) is 4.46. The molecule has 0 aromatic heterocycles. The predicted octanol–water partition coefficient (Wildman–Crippen LogP) is 2.84. The number of nitrogens with two attached hydrogens (primary N) is 1. The van der Waals surface area contributed by atoms with Gasteiger partial charge < -0.3 is 11.1 Å². The average molecular weight is 300 g/mol. The van der Waals surface area contributed by atoms with Crippen molar-refractivity contribution in [3.8, 4) is 0 Å². The smallest absolute Gasteiger partial charge is 0.352 e. The molecule has 3 nitrogen and oxygen atoms in total. The topological polar surface area (TPSA) is 55.1 Å². The van der Waals surface area contributed by atoms with Gasteiger partial charge in [0.1, 0.15) is 0 Å². The summed E-state index contributed by atoms with van der Waals surface area (Å²) in [6, 6.07) is 5.05. The second-order valence-corrected chi connectivity index (χ2v) is 5.54. The molecule has 0 bridgehead atoms. The van der Waals surface area contributed by atoms with E-state index in [1.807, 2.05) is 0 Å². The predicted molar refractivity (Wildman–Crippen MR) is 73.2 cm³/mol. The number of hydrogen-bond donors (Lipinski definition) is 2. The molecule has 2 atom stereocenters. The van der Waals surface area contributed by atoms with Gasteiger partial charge in [-0.25, -0.2) is 0 Å². The van der Waals surface area contributed by atoms with Crippen molar-refractivity contribution in [2.24, 2.45) is 11.7 Å². The van der Waals surface area contributed by atoms with Crippen LogP contribution in [0.4, 0.5) is 13.2 Å². The largest absolute Gasteiger partial charge is 0.416 e. The number of hydrogen-bond acceptors (Lipinski definition) is 2. The zero-order valence-electron chi connectivity index (χ0n) is 11.6. The fourth-order valence-corrected chi connectivity index (χ4v) is 2.66. The molecule has 116 valence electrons. The molecule has 2 unspecified atom stereocenters. The first-order valence-corrected chi connectivity index (χ1v) is 7.05. The second-order valence-electron chi connectivity index (χ2n) is 5.54. The van der Waals surface area contributed by atoms with E-state index >= 15 is 0 Å². The van der Waals surface area contributed by atoms with Gasteiger partial charge in [0.25, 0.3) is 0 Å². The summed E-state index contributed by atoms with van der Waals surface area (Å²) >= 11 is 0. The fraction of sp³-hybridized carbons (Fsp3) is 0.533. The summed E-state index contributed by atoms with van der Waals surface area (Å²) in [6.07, 6.45) is -1.08. The molecule has 1 aliphatic carbocycles. The number of rotatable bonds is 3. The zero-order valence-corrected chi connectivity index (χ0v) is 11.6. The molecule has 21 heavy (non-hydrogen) atoms. The SMILES string of the molecule is NC1CCCC(C(=O)NCc2cccc(C(F)(F)F)c2)C1. The Hall–Kier alpha value is -1.56. The summed E-state index contributed by atoms with van der Waals surface area (Å²) in [6.45, 7) is 0.106. The van der Waals surface area contributed by atoms with E-state index in [-0.39, 0.29) is 24.4 Å². The van der Waals surface area contributed by atoms with Crippen LogP contribution in [0.25, 0.3) is 0 Å². The van der Waals surface area contributed by atoms with E-state index in [0.717, 1.165) is 31.4 Å². The van der Waals surface area contributed by atoms with Crippen molar-refractivity contribution in [3.05, 3.63) is 35.4 Å². The normalized spacial score (nSPS) is 22.9. The maximum absolute atomic E-state index is 12.6. The summed E-state index contributed by atoms with van der Waals surface area (Å²) in [5.41, 5.74) is 5.58. The summed E-state index contributed by atoms with van der Waals surface area (Å²) in [4.78, 5) is 12.0. The zero-order chi connectivity index (χ0) is 15.5. The van der Waals surface area contributed by atoms with Gasteiger partial charge in [0.15, 0.2) is 0 Å². The number of halogens is 3. The van der Waals surface area contributed by atoms with Crippen LogP contribution < -0.4 is 11.1 Å². The number of carbonyl (C=O) groups is 1. The highest BCUT2D eigenvalue weighted by molar-refractivity contribution is 5.78. The van der Waals surface area contributed by atoms with Crippen LogP contribution in [0.1, 0.15) is 36.8 Å². The molecule has 2 rings (SSSR count). The van der Waals surface area contributed by atoms with Crippen molar-refractivity contribution in [2.45, 2.75) is 44.4 Å². The maximum Gasteiger partial charge on any atom is 0.416 e. The molecular formula is C15H19F3N2O. The van der Waals surface area contributed by atoms with Gasteiger partial charge in [-0.05, 0) is 37.0 Å². The first-order valence-electron chi connectivity index (χ1n) is 7.05. The minimum Gasteiger partial charge on any atom is -0.352 e. The third-order valence-electron chi connectivity index (χ3n) is 3.81. The molecule has 0 heterocycles. The lowest BCUT2D eigenvalue weighted by Gasteiger charge is -2.25. The Morgan fingerprint density at radius 1 is 1.33 bits per heavy atom. The fourth-order valence-electron chi connectivity index (χ4n) is 2.66. The van der Waals surface area contributed by atoms with Crippen molar-refractivity contribution in [3.63, 3.8) is 0 Å². The number of carbonyl (C=O) groups excluding carboxylic acids is 1. The van der Waals surface area contributed by atoms with Crippen molar-refractivity contribution >= 4 is 5.91 Å². The summed E-state index contributed by atoms with van der Waals surface area (Å²) in [7, 11) is 0. The van der Waals surface area contributed by atoms with Gasteiger partial charge in [0, 0.05) is 18.5 Å². The van der Waals surface area contributed by atoms with Crippen LogP contribution in [-0.2, 0) is 17.5 Å². The second kappa shape index (κ2) is 6.47. The molecule has 1 aromatic carbocycles. The van der Waals surface area contributed by atoms with Crippen LogP contribution in [-0.4, -0.2) is 11.9 Å². The van der Waals surface area contributed by atoms with Gasteiger partial charge in [-0.2, -0.15) is 13.2 Å². The summed E-state index contributed by atoms with van der Waals surface area (Å²) in [5.74, 6) is -0.248. The number of alkyl halides is 3. The molecule has 1 aliphatic rings. The number of benzene rings is 1. The van der Waals surface area contributed by atoms with Gasteiger partial charge in [-0.1, -0.05) is 18.6 Å². The van der Waals surface area contributed by atoms with Crippen molar-refractivity contribution < 1.29 is 18.0 Å². The first kappa shape index (κ1) is 15.8. The van der Waals surface area contributed by atoms with Crippen molar-refractivity contribution in [1.82, 2.24) is 5.32 Å². The van der Waals surface area contributed by atoms with E-state index in [0.29, 0.717) is 12.0 Å². The van der Waals surface area contributed by atoms with E-state index in [1.165, 1.54) is 6.07 Å². The molecule has 6 heteroatoms. The van der Waals surface area contributed by atoms with E-state index in [9.17, 15) is 18.0 Å². The van der Waals surface area contributed by atoms with Gasteiger partial charge >= 0.3 is 6.18 Å². The maximum atomic E-state index is 12.6.